The van der Waals surface area contributed by atoms with Gasteiger partial charge in [-0.2, -0.15) is 0 Å². The fourth-order valence-electron chi connectivity index (χ4n) is 1.82. The molecule has 1 aromatic heterocycles. The summed E-state index contributed by atoms with van der Waals surface area (Å²) in [7, 11) is 0. The lowest BCUT2D eigenvalue weighted by Gasteiger charge is -2.32. The topological polar surface area (TPSA) is 37.8 Å². The van der Waals surface area contributed by atoms with Crippen molar-refractivity contribution >= 4 is 5.82 Å². The summed E-state index contributed by atoms with van der Waals surface area (Å²) in [6.45, 7) is 4.22. The zero-order chi connectivity index (χ0) is 9.97. The molecule has 1 aliphatic rings. The highest BCUT2D eigenvalue weighted by Crippen LogP contribution is 2.30. The Labute approximate surface area is 85.0 Å². The van der Waals surface area contributed by atoms with E-state index in [0.717, 1.165) is 17.4 Å². The average molecular weight is 191 g/mol. The van der Waals surface area contributed by atoms with Gasteiger partial charge in [-0.1, -0.05) is 6.42 Å². The lowest BCUT2D eigenvalue weighted by molar-refractivity contribution is 0.285. The highest BCUT2D eigenvalue weighted by atomic mass is 15.0. The summed E-state index contributed by atoms with van der Waals surface area (Å²) < 4.78 is 0. The molecule has 0 amide bonds. The summed E-state index contributed by atoms with van der Waals surface area (Å²) in [6.07, 6.45) is 5.72. The maximum Gasteiger partial charge on any atom is 0.129 e. The summed E-state index contributed by atoms with van der Waals surface area (Å²) in [4.78, 5) is 8.27. The molecule has 0 aliphatic heterocycles. The van der Waals surface area contributed by atoms with Gasteiger partial charge in [-0.05, 0) is 32.6 Å². The van der Waals surface area contributed by atoms with E-state index in [1.165, 1.54) is 19.3 Å². The van der Waals surface area contributed by atoms with Gasteiger partial charge in [-0.15, -0.1) is 0 Å². The smallest absolute Gasteiger partial charge is 0.129 e. The quantitative estimate of drug-likeness (QED) is 0.797. The van der Waals surface area contributed by atoms with Crippen LogP contribution in [0.3, 0.4) is 0 Å². The van der Waals surface area contributed by atoms with Crippen molar-refractivity contribution in [2.75, 3.05) is 5.32 Å². The van der Waals surface area contributed by atoms with Gasteiger partial charge in [0.05, 0.1) is 0 Å². The zero-order valence-electron chi connectivity index (χ0n) is 8.83. The molecule has 1 unspecified atom stereocenters. The van der Waals surface area contributed by atoms with Crippen molar-refractivity contribution in [1.82, 2.24) is 9.97 Å². The lowest BCUT2D eigenvalue weighted by atomic mass is 9.80. The van der Waals surface area contributed by atoms with Gasteiger partial charge in [-0.25, -0.2) is 9.97 Å². The predicted octanol–water partition coefficient (Wildman–Crippen LogP) is 2.39. The minimum atomic E-state index is 0.540. The molecule has 1 atom stereocenters. The van der Waals surface area contributed by atoms with Crippen LogP contribution in [0.4, 0.5) is 5.82 Å². The summed E-state index contributed by atoms with van der Waals surface area (Å²) in [5, 5.41) is 3.43. The molecule has 1 N–H and O–H groups in total. The SMILES string of the molecule is Cc1cc(NC(C)C2CCC2)ncn1. The Kier molecular flexibility index (Phi) is 2.66. The molecule has 0 bridgehead atoms. The Morgan fingerprint density at radius 2 is 2.21 bits per heavy atom. The van der Waals surface area contributed by atoms with E-state index in [1.54, 1.807) is 6.33 Å². The van der Waals surface area contributed by atoms with Gasteiger partial charge in [0, 0.05) is 17.8 Å². The Balaban J connectivity index is 1.95. The van der Waals surface area contributed by atoms with Crippen molar-refractivity contribution in [2.45, 2.75) is 39.2 Å². The molecule has 0 aromatic carbocycles. The fraction of sp³-hybridized carbons (Fsp3) is 0.636. The third-order valence-electron chi connectivity index (χ3n) is 3.04. The van der Waals surface area contributed by atoms with E-state index in [0.29, 0.717) is 6.04 Å². The number of aryl methyl sites for hydroxylation is 1. The standard InChI is InChI=1S/C11H17N3/c1-8-6-11(13-7-12-8)14-9(2)10-4-3-5-10/h6-7,9-10H,3-5H2,1-2H3,(H,12,13,14). The number of hydrogen-bond donors (Lipinski definition) is 1. The molecule has 1 aliphatic carbocycles. The van der Waals surface area contributed by atoms with Crippen molar-refractivity contribution in [1.29, 1.82) is 0 Å². The normalized spacial score (nSPS) is 18.7. The van der Waals surface area contributed by atoms with Crippen LogP contribution in [-0.2, 0) is 0 Å². The van der Waals surface area contributed by atoms with Gasteiger partial charge in [-0.3, -0.25) is 0 Å². The fourth-order valence-corrected chi connectivity index (χ4v) is 1.82. The van der Waals surface area contributed by atoms with E-state index < -0.39 is 0 Å². The number of nitrogens with zero attached hydrogens (tertiary/aromatic N) is 2. The first-order valence-electron chi connectivity index (χ1n) is 5.31. The number of anilines is 1. The van der Waals surface area contributed by atoms with Gasteiger partial charge in [0.25, 0.3) is 0 Å². The molecule has 0 radical (unpaired) electrons. The Morgan fingerprint density at radius 1 is 1.43 bits per heavy atom. The molecule has 1 saturated carbocycles. The maximum absolute atomic E-state index is 4.20. The molecule has 3 nitrogen and oxygen atoms in total. The van der Waals surface area contributed by atoms with E-state index in [-0.39, 0.29) is 0 Å². The Morgan fingerprint density at radius 3 is 2.79 bits per heavy atom. The molecular weight excluding hydrogens is 174 g/mol. The molecule has 0 saturated heterocycles. The van der Waals surface area contributed by atoms with Crippen molar-refractivity contribution in [3.8, 4) is 0 Å². The second kappa shape index (κ2) is 3.95. The van der Waals surface area contributed by atoms with Crippen molar-refractivity contribution in [3.05, 3.63) is 18.1 Å². The van der Waals surface area contributed by atoms with E-state index in [4.69, 9.17) is 0 Å². The molecule has 0 spiro atoms. The predicted molar refractivity (Wildman–Crippen MR) is 57.2 cm³/mol. The van der Waals surface area contributed by atoms with Crippen molar-refractivity contribution in [3.63, 3.8) is 0 Å². The number of rotatable bonds is 3. The molecule has 3 heteroatoms. The molecule has 76 valence electrons. The van der Waals surface area contributed by atoms with Crippen LogP contribution in [0.25, 0.3) is 0 Å². The van der Waals surface area contributed by atoms with Gasteiger partial charge in [0.15, 0.2) is 0 Å². The van der Waals surface area contributed by atoms with Crippen LogP contribution in [0.15, 0.2) is 12.4 Å². The van der Waals surface area contributed by atoms with E-state index in [1.807, 2.05) is 13.0 Å². The van der Waals surface area contributed by atoms with Crippen LogP contribution in [0.2, 0.25) is 0 Å². The highest BCUT2D eigenvalue weighted by Gasteiger charge is 2.23. The van der Waals surface area contributed by atoms with Gasteiger partial charge in [0.2, 0.25) is 0 Å². The van der Waals surface area contributed by atoms with Crippen LogP contribution in [-0.4, -0.2) is 16.0 Å². The van der Waals surface area contributed by atoms with Crippen LogP contribution >= 0.6 is 0 Å². The van der Waals surface area contributed by atoms with Gasteiger partial charge >= 0.3 is 0 Å². The largest absolute Gasteiger partial charge is 0.367 e. The second-order valence-electron chi connectivity index (χ2n) is 4.17. The van der Waals surface area contributed by atoms with Crippen molar-refractivity contribution < 1.29 is 0 Å². The minimum absolute atomic E-state index is 0.540. The summed E-state index contributed by atoms with van der Waals surface area (Å²) in [5.41, 5.74) is 1.02. The summed E-state index contributed by atoms with van der Waals surface area (Å²) in [5.74, 6) is 1.79. The molecular formula is C11H17N3. The summed E-state index contributed by atoms with van der Waals surface area (Å²) in [6, 6.07) is 2.54. The van der Waals surface area contributed by atoms with Crippen LogP contribution in [0.5, 0.6) is 0 Å². The van der Waals surface area contributed by atoms with Crippen molar-refractivity contribution in [2.24, 2.45) is 5.92 Å². The number of hydrogen-bond acceptors (Lipinski definition) is 3. The lowest BCUT2D eigenvalue weighted by Crippen LogP contribution is -2.31. The highest BCUT2D eigenvalue weighted by molar-refractivity contribution is 5.35. The molecule has 2 rings (SSSR count). The number of aromatic nitrogens is 2. The van der Waals surface area contributed by atoms with Crippen LogP contribution in [0, 0.1) is 12.8 Å². The number of nitrogens with one attached hydrogen (secondary N) is 1. The van der Waals surface area contributed by atoms with Gasteiger partial charge < -0.3 is 5.32 Å². The third-order valence-corrected chi connectivity index (χ3v) is 3.04. The first-order chi connectivity index (χ1) is 6.75. The average Bonchev–Trinajstić information content (AvgIpc) is 1.99. The zero-order valence-corrected chi connectivity index (χ0v) is 8.83. The Hall–Kier alpha value is -1.12. The molecule has 14 heavy (non-hydrogen) atoms. The third kappa shape index (κ3) is 2.03. The van der Waals surface area contributed by atoms with E-state index >= 15 is 0 Å². The Bertz CT molecular complexity index is 307. The van der Waals surface area contributed by atoms with E-state index in [9.17, 15) is 0 Å². The van der Waals surface area contributed by atoms with E-state index in [2.05, 4.69) is 22.2 Å². The van der Waals surface area contributed by atoms with Gasteiger partial charge in [0.1, 0.15) is 12.1 Å². The maximum atomic E-state index is 4.20. The van der Waals surface area contributed by atoms with Crippen LogP contribution < -0.4 is 5.32 Å². The molecule has 1 fully saturated rings. The second-order valence-corrected chi connectivity index (χ2v) is 4.17. The summed E-state index contributed by atoms with van der Waals surface area (Å²) >= 11 is 0. The first-order valence-corrected chi connectivity index (χ1v) is 5.31. The monoisotopic (exact) mass is 191 g/mol. The first kappa shape index (κ1) is 9.44. The molecule has 1 heterocycles. The van der Waals surface area contributed by atoms with Crippen LogP contribution in [0.1, 0.15) is 31.9 Å². The minimum Gasteiger partial charge on any atom is -0.367 e. The molecule has 1 aromatic rings.